The van der Waals surface area contributed by atoms with Gasteiger partial charge in [-0.15, -0.1) is 11.8 Å². The number of Topliss-reactive ketones (excluding diaryl/α,β-unsaturated/α-hetero) is 9. The standard InChI is InChI=1S/C11H17N3O2.C11H18N2O2.C11H20N2O.2C10H15N3O2.C10H19N3O.C10H18N2O2.C10H18N2OS.C9H13N3O2/c1-8(15)10-4-3-6-13-7-5-9(12-2)11(16)14(10)13;1-7(14)8-6-10(15)13-5-3-4-9(12-2)11(8)13;1-8(14)11-6-5-10-4-3-9(12-2)7-13(10)11;1-7(14)9-4-6-12-5-3-8(11-2)10(15)13(9)12;1-7(14)9-4-3-5-12-6-8(11-2)10(15)13(9)12;1-7(14)9-5-12-10-4-3-8(11-2)6-13(9)10;2*1-7(13)9-6-14-10-4-3-8(11-2)5-12(9)10;1-6(13)8-3-4-11-5-7(10-2)9(14)12(8)11/h4,9,12H,3,5-7H2,1-2H3;8-9,11-12H,3-6H2,1-2H3;9-12H,3-7H2,1-2H3;2*4,8,11H,3,5-6H2,1-2H3;8-12H,3-6H2,1-2H3;2*8-11H,3-6H2,1-2H3;3,7,10H,4-5H2,1-2H3. The first-order chi connectivity index (χ1) is 62.6. The minimum absolute atomic E-state index is 0.00356. The van der Waals surface area contributed by atoms with Gasteiger partial charge >= 0.3 is 0 Å². The van der Waals surface area contributed by atoms with Gasteiger partial charge in [-0.1, -0.05) is 12.2 Å². The predicted molar refractivity (Wildman–Crippen MR) is 499 cm³/mol. The number of nitrogens with one attached hydrogen (secondary N) is 10. The molecule has 0 aromatic heterocycles. The highest BCUT2D eigenvalue weighted by Gasteiger charge is 2.51. The van der Waals surface area contributed by atoms with Crippen LogP contribution in [-0.4, -0.2) is 422 Å². The number of hydrogen-bond acceptors (Lipinski definition) is 34. The molecule has 0 aromatic carbocycles. The molecule has 19 unspecified atom stereocenters. The van der Waals surface area contributed by atoms with Crippen LogP contribution < -0.4 is 53.2 Å². The lowest BCUT2D eigenvalue weighted by Gasteiger charge is -2.43. The van der Waals surface area contributed by atoms with Crippen LogP contribution in [0.1, 0.15) is 171 Å². The number of hydrogen-bond donors (Lipinski definition) is 10. The van der Waals surface area contributed by atoms with Gasteiger partial charge < -0.3 is 57.5 Å². The van der Waals surface area contributed by atoms with Crippen molar-refractivity contribution < 1.29 is 71.9 Å². The number of amides is 5. The number of hydrazine groups is 4. The molecule has 0 bridgehead atoms. The zero-order valence-corrected chi connectivity index (χ0v) is 81.8. The van der Waals surface area contributed by atoms with E-state index in [0.717, 1.165) is 135 Å². The molecule has 18 aliphatic heterocycles. The van der Waals surface area contributed by atoms with Crippen LogP contribution in [0.15, 0.2) is 47.1 Å². The highest BCUT2D eigenvalue weighted by molar-refractivity contribution is 8.00. The number of likely N-dealkylation sites (N-methyl/N-ethyl adjacent to an activating group) is 9. The second kappa shape index (κ2) is 49.6. The molecule has 0 aliphatic carbocycles. The number of thioether (sulfide) groups is 1. The molecule has 0 spiro atoms. The Bertz CT molecular complexity index is 4000. The fraction of sp³-hybridized carbons (Fsp3) is 0.761. The number of ether oxygens (including phenoxy) is 1. The summed E-state index contributed by atoms with van der Waals surface area (Å²) >= 11 is 1.95. The molecule has 732 valence electrons. The van der Waals surface area contributed by atoms with E-state index in [1.807, 2.05) is 90.2 Å². The summed E-state index contributed by atoms with van der Waals surface area (Å²) in [6, 6.07) is 3.11. The van der Waals surface area contributed by atoms with Crippen molar-refractivity contribution in [1.82, 2.24) is 118 Å². The zero-order valence-electron chi connectivity index (χ0n) is 81.0. The quantitative estimate of drug-likeness (QED) is 0.0807. The van der Waals surface area contributed by atoms with E-state index in [-0.39, 0.29) is 137 Å². The van der Waals surface area contributed by atoms with Gasteiger partial charge in [0.2, 0.25) is 5.91 Å². The van der Waals surface area contributed by atoms with Crippen LogP contribution in [0.4, 0.5) is 0 Å². The van der Waals surface area contributed by atoms with Crippen LogP contribution in [0.5, 0.6) is 0 Å². The van der Waals surface area contributed by atoms with Crippen LogP contribution in [-0.2, 0) is 71.9 Å². The van der Waals surface area contributed by atoms with Crippen molar-refractivity contribution in [2.24, 2.45) is 5.92 Å². The van der Waals surface area contributed by atoms with E-state index < -0.39 is 0 Å². The summed E-state index contributed by atoms with van der Waals surface area (Å²) in [4.78, 5) is 173. The molecule has 19 atom stereocenters. The number of carbonyl (C=O) groups excluding carboxylic acids is 14. The fourth-order valence-corrected chi connectivity index (χ4v) is 23.0. The van der Waals surface area contributed by atoms with E-state index in [4.69, 9.17) is 4.74 Å². The van der Waals surface area contributed by atoms with Crippen LogP contribution in [0.3, 0.4) is 0 Å². The molecule has 5 amide bonds. The molecule has 18 aliphatic rings. The van der Waals surface area contributed by atoms with Crippen LogP contribution in [0, 0.1) is 5.92 Å². The van der Waals surface area contributed by atoms with Crippen LogP contribution >= 0.6 is 11.8 Å². The first-order valence-electron chi connectivity index (χ1n) is 47.7. The van der Waals surface area contributed by atoms with Crippen molar-refractivity contribution in [3.8, 4) is 0 Å². The number of fused-ring (bicyclic) bond motifs is 9. The third kappa shape index (κ3) is 25.6. The van der Waals surface area contributed by atoms with Gasteiger partial charge in [0.25, 0.3) is 23.6 Å². The Morgan fingerprint density at radius 2 is 0.824 bits per heavy atom. The summed E-state index contributed by atoms with van der Waals surface area (Å²) in [5.41, 5.74) is 2.06. The molecule has 131 heavy (non-hydrogen) atoms. The second-order valence-electron chi connectivity index (χ2n) is 37.2. The summed E-state index contributed by atoms with van der Waals surface area (Å²) < 4.78 is 5.60. The maximum atomic E-state index is 12.1. The lowest BCUT2D eigenvalue weighted by Crippen LogP contribution is -2.60. The van der Waals surface area contributed by atoms with E-state index in [0.29, 0.717) is 121 Å². The fourth-order valence-electron chi connectivity index (χ4n) is 21.4. The molecule has 39 heteroatoms. The van der Waals surface area contributed by atoms with Gasteiger partial charge in [0.1, 0.15) is 58.6 Å². The summed E-state index contributed by atoms with van der Waals surface area (Å²) in [6.45, 7) is 26.5. The van der Waals surface area contributed by atoms with E-state index in [9.17, 15) is 67.1 Å². The predicted octanol–water partition coefficient (Wildman–Crippen LogP) is -0.753. The molecule has 14 fully saturated rings. The van der Waals surface area contributed by atoms with E-state index in [1.165, 1.54) is 81.2 Å². The number of piperidine rings is 5. The summed E-state index contributed by atoms with van der Waals surface area (Å²) in [7, 11) is 17.0. The van der Waals surface area contributed by atoms with Crippen molar-refractivity contribution in [2.75, 3.05) is 167 Å². The molecular weight excluding hydrogens is 1700 g/mol. The monoisotopic (exact) mass is 1850 g/mol. The molecule has 14 saturated heterocycles. The first-order valence-corrected chi connectivity index (χ1v) is 48.7. The lowest BCUT2D eigenvalue weighted by molar-refractivity contribution is -0.156. The van der Waals surface area contributed by atoms with Gasteiger partial charge in [0.05, 0.1) is 71.8 Å². The van der Waals surface area contributed by atoms with Gasteiger partial charge in [-0.05, 0) is 213 Å². The van der Waals surface area contributed by atoms with Crippen molar-refractivity contribution in [2.45, 2.75) is 280 Å². The number of allylic oxidation sites excluding steroid dienone is 4. The summed E-state index contributed by atoms with van der Waals surface area (Å²) in [5.74, 6) is 2.09. The van der Waals surface area contributed by atoms with E-state index in [1.54, 1.807) is 73.9 Å². The molecule has 18 heterocycles. The van der Waals surface area contributed by atoms with Crippen molar-refractivity contribution in [3.05, 3.63) is 47.1 Å². The molecule has 0 aromatic rings. The van der Waals surface area contributed by atoms with E-state index in [2.05, 4.69) is 72.8 Å². The lowest BCUT2D eigenvalue weighted by atomic mass is 9.86. The minimum atomic E-state index is -0.189. The third-order valence-corrected chi connectivity index (χ3v) is 30.4. The Kier molecular flexibility index (Phi) is 40.1. The number of carbonyl (C=O) groups is 14. The van der Waals surface area contributed by atoms with Gasteiger partial charge in [-0.3, -0.25) is 92.0 Å². The Labute approximate surface area is 779 Å². The number of ketones is 9. The Morgan fingerprint density at radius 1 is 0.382 bits per heavy atom. The first kappa shape index (κ1) is 106. The van der Waals surface area contributed by atoms with Crippen molar-refractivity contribution >= 4 is 93.3 Å². The van der Waals surface area contributed by atoms with Gasteiger partial charge in [0.15, 0.2) is 23.1 Å². The molecule has 0 radical (unpaired) electrons. The molecule has 0 saturated carbocycles. The molecule has 10 N–H and O–H groups in total. The van der Waals surface area contributed by atoms with Gasteiger partial charge in [-0.2, -0.15) is 0 Å². The van der Waals surface area contributed by atoms with E-state index >= 15 is 0 Å². The normalized spacial score (nSPS) is 32.6. The average molecular weight is 1850 g/mol. The van der Waals surface area contributed by atoms with Gasteiger partial charge in [0, 0.05) is 174 Å². The van der Waals surface area contributed by atoms with Crippen molar-refractivity contribution in [1.29, 1.82) is 0 Å². The van der Waals surface area contributed by atoms with Crippen LogP contribution in [0.25, 0.3) is 0 Å². The molecule has 38 nitrogen and oxygen atoms in total. The summed E-state index contributed by atoms with van der Waals surface area (Å²) in [6.07, 6.45) is 25.5. The maximum Gasteiger partial charge on any atom is 0.260 e. The zero-order chi connectivity index (χ0) is 95.5. The van der Waals surface area contributed by atoms with Crippen molar-refractivity contribution in [3.63, 3.8) is 0 Å². The Balaban J connectivity index is 0.000000153. The highest BCUT2D eigenvalue weighted by atomic mass is 32.2. The maximum absolute atomic E-state index is 12.1. The second-order valence-corrected chi connectivity index (χ2v) is 38.4. The van der Waals surface area contributed by atoms with Crippen LogP contribution in [0.2, 0.25) is 0 Å². The number of nitrogens with zero attached hydrogens (tertiary/aromatic N) is 13. The van der Waals surface area contributed by atoms with Gasteiger partial charge in [-0.25, -0.2) is 40.1 Å². The SMILES string of the molecule is CNC1CCC2CCC(C(C)=O)N2C1.CNC1CCC2NCC(C(C)=O)N2C1.CNC1CCC2OCC(C(C)=O)N2C1.CNC1CCC2SCC(C(C)=O)N2C1.CNC1CCCN2C(=O)CC(C(C)=O)C12.CNC1CCN2CC=C(C(C)=O)N2C1=O.CNC1CCN2CCC=C(C(C)=O)N2C1=O.CNC1CN2CC=C(C(C)=O)N2C1=O.CNC1CN2CCC=C(C(C)=O)N2C1=O. The minimum Gasteiger partial charge on any atom is -0.361 e. The smallest absolute Gasteiger partial charge is 0.260 e. The topological polar surface area (TPSA) is 411 Å². The Morgan fingerprint density at radius 3 is 1.34 bits per heavy atom. The third-order valence-electron chi connectivity index (χ3n) is 29.0. The number of rotatable bonds is 18. The largest absolute Gasteiger partial charge is 0.361 e. The molecule has 18 rings (SSSR count). The summed E-state index contributed by atoms with van der Waals surface area (Å²) in [5, 5.41) is 46.1. The Hall–Kier alpha value is -7.07. The highest BCUT2D eigenvalue weighted by Crippen LogP contribution is 2.39. The molecular formula is C92H153N23O15S. The average Bonchev–Trinajstić information content (AvgIpc) is 1.64.